The summed E-state index contributed by atoms with van der Waals surface area (Å²) < 4.78 is 40.7. The molecule has 0 amide bonds. The van der Waals surface area contributed by atoms with Gasteiger partial charge in [0, 0.05) is 34.8 Å². The van der Waals surface area contributed by atoms with Gasteiger partial charge in [0.05, 0.1) is 11.1 Å². The minimum atomic E-state index is -4.68. The highest BCUT2D eigenvalue weighted by molar-refractivity contribution is 6.30. The predicted octanol–water partition coefficient (Wildman–Crippen LogP) is 6.91. The van der Waals surface area contributed by atoms with Crippen LogP contribution in [0.25, 0.3) is 0 Å². The van der Waals surface area contributed by atoms with Crippen LogP contribution in [0.2, 0.25) is 10.0 Å². The van der Waals surface area contributed by atoms with Crippen molar-refractivity contribution in [3.05, 3.63) is 99.3 Å². The molecule has 4 atom stereocenters. The summed E-state index contributed by atoms with van der Waals surface area (Å²) >= 11 is 12.3. The molecule has 0 spiro atoms. The van der Waals surface area contributed by atoms with Crippen molar-refractivity contribution in [3.8, 4) is 0 Å². The Kier molecular flexibility index (Phi) is 8.69. The largest absolute Gasteiger partial charge is 0.481 e. The summed E-state index contributed by atoms with van der Waals surface area (Å²) in [6.45, 7) is 1.96. The average molecular weight is 579 g/mol. The standard InChI is InChI=1S/C29H27Cl2F3N2O3/c1-28(19-8-10-20(30)11-9-19,24-6-3-7-25(36-24)29(32,33)34)26(37)15-23-22(18-4-2-5-21(31)14-18)12-17(16-35-23)13-27(38)39/h2-11,14,17,22-23,35H,12-13,15-16H2,1H3,(H,38,39)/t17-,22-,23+,28-/m1/s1. The smallest absolute Gasteiger partial charge is 0.433 e. The molecule has 1 aliphatic rings. The van der Waals surface area contributed by atoms with Crippen molar-refractivity contribution in [1.29, 1.82) is 0 Å². The van der Waals surface area contributed by atoms with Crippen LogP contribution in [0.4, 0.5) is 13.2 Å². The third-order valence-corrected chi connectivity index (χ3v) is 7.91. The van der Waals surface area contributed by atoms with Crippen LogP contribution < -0.4 is 5.32 Å². The van der Waals surface area contributed by atoms with E-state index in [-0.39, 0.29) is 36.2 Å². The van der Waals surface area contributed by atoms with Crippen molar-refractivity contribution in [2.45, 2.75) is 49.7 Å². The first-order chi connectivity index (χ1) is 18.4. The lowest BCUT2D eigenvalue weighted by molar-refractivity contribution is -0.141. The summed E-state index contributed by atoms with van der Waals surface area (Å²) in [4.78, 5) is 29.4. The molecule has 1 saturated heterocycles. The molecule has 0 radical (unpaired) electrons. The van der Waals surface area contributed by atoms with E-state index in [4.69, 9.17) is 23.2 Å². The second-order valence-corrected chi connectivity index (χ2v) is 10.9. The summed E-state index contributed by atoms with van der Waals surface area (Å²) in [5, 5.41) is 13.6. The number of carboxylic acid groups (broad SMARTS) is 1. The van der Waals surface area contributed by atoms with Gasteiger partial charge in [0.1, 0.15) is 5.69 Å². The number of carboxylic acids is 1. The number of Topliss-reactive ketones (excluding diaryl/α,β-unsaturated/α-hetero) is 1. The summed E-state index contributed by atoms with van der Waals surface area (Å²) in [7, 11) is 0. The van der Waals surface area contributed by atoms with E-state index >= 15 is 0 Å². The molecule has 206 valence electrons. The van der Waals surface area contributed by atoms with Gasteiger partial charge in [-0.25, -0.2) is 4.98 Å². The number of carbonyl (C=O) groups excluding carboxylic acids is 1. The molecule has 4 rings (SSSR count). The van der Waals surface area contributed by atoms with Crippen LogP contribution >= 0.6 is 23.2 Å². The van der Waals surface area contributed by atoms with E-state index in [1.165, 1.54) is 12.1 Å². The SMILES string of the molecule is C[C@@](C(=O)C[C@@H]1NC[C@@H](CC(=O)O)C[C@@H]1c1cccc(Cl)c1)(c1ccc(Cl)cc1)c1cccc(C(F)(F)F)n1. The van der Waals surface area contributed by atoms with Gasteiger partial charge in [-0.3, -0.25) is 9.59 Å². The molecule has 39 heavy (non-hydrogen) atoms. The van der Waals surface area contributed by atoms with E-state index in [1.807, 2.05) is 6.07 Å². The Balaban J connectivity index is 1.73. The molecule has 1 aliphatic heterocycles. The van der Waals surface area contributed by atoms with Gasteiger partial charge in [0.25, 0.3) is 0 Å². The van der Waals surface area contributed by atoms with Crippen LogP contribution in [-0.2, 0) is 21.2 Å². The first kappa shape index (κ1) is 29.1. The Morgan fingerprint density at radius 3 is 2.28 bits per heavy atom. The highest BCUT2D eigenvalue weighted by Crippen LogP contribution is 2.40. The first-order valence-corrected chi connectivity index (χ1v) is 13.2. The second-order valence-electron chi connectivity index (χ2n) is 10.0. The maximum atomic E-state index is 14.2. The Bertz CT molecular complexity index is 1350. The lowest BCUT2D eigenvalue weighted by Crippen LogP contribution is -2.48. The highest BCUT2D eigenvalue weighted by Gasteiger charge is 2.43. The fourth-order valence-corrected chi connectivity index (χ4v) is 5.62. The van der Waals surface area contributed by atoms with Crippen LogP contribution in [0.5, 0.6) is 0 Å². The van der Waals surface area contributed by atoms with Crippen LogP contribution in [0.3, 0.4) is 0 Å². The molecule has 0 aliphatic carbocycles. The minimum absolute atomic E-state index is 0.0245. The zero-order chi connectivity index (χ0) is 28.4. The number of rotatable bonds is 8. The van der Waals surface area contributed by atoms with Crippen molar-refractivity contribution in [2.75, 3.05) is 6.54 Å². The summed E-state index contributed by atoms with van der Waals surface area (Å²) in [5.41, 5.74) is -1.30. The quantitative estimate of drug-likeness (QED) is 0.303. The Morgan fingerprint density at radius 2 is 1.64 bits per heavy atom. The maximum Gasteiger partial charge on any atom is 0.433 e. The molecular formula is C29H27Cl2F3N2O3. The lowest BCUT2D eigenvalue weighted by Gasteiger charge is -2.39. The van der Waals surface area contributed by atoms with Gasteiger partial charge in [0.2, 0.25) is 0 Å². The van der Waals surface area contributed by atoms with Gasteiger partial charge in [-0.05, 0) is 73.3 Å². The van der Waals surface area contributed by atoms with E-state index in [0.29, 0.717) is 28.6 Å². The van der Waals surface area contributed by atoms with E-state index in [9.17, 15) is 27.9 Å². The molecular weight excluding hydrogens is 552 g/mol. The molecule has 1 fully saturated rings. The molecule has 3 aromatic rings. The molecule has 0 saturated carbocycles. The van der Waals surface area contributed by atoms with Crippen molar-refractivity contribution in [3.63, 3.8) is 0 Å². The zero-order valence-electron chi connectivity index (χ0n) is 21.0. The normalized spacial score (nSPS) is 21.2. The number of halogens is 5. The number of piperidine rings is 1. The van der Waals surface area contributed by atoms with Gasteiger partial charge in [-0.2, -0.15) is 13.2 Å². The molecule has 10 heteroatoms. The molecule has 0 bridgehead atoms. The number of nitrogens with one attached hydrogen (secondary N) is 1. The van der Waals surface area contributed by atoms with E-state index < -0.39 is 29.3 Å². The number of alkyl halides is 3. The average Bonchev–Trinajstić information content (AvgIpc) is 2.88. The van der Waals surface area contributed by atoms with E-state index in [1.54, 1.807) is 49.4 Å². The number of ketones is 1. The molecule has 2 aromatic carbocycles. The molecule has 5 nitrogen and oxygen atoms in total. The third-order valence-electron chi connectivity index (χ3n) is 7.42. The summed E-state index contributed by atoms with van der Waals surface area (Å²) in [5.74, 6) is -1.65. The van der Waals surface area contributed by atoms with E-state index in [0.717, 1.165) is 11.6 Å². The van der Waals surface area contributed by atoms with Crippen LogP contribution in [0, 0.1) is 5.92 Å². The number of aliphatic carboxylic acids is 1. The molecule has 2 heterocycles. The van der Waals surface area contributed by atoms with Crippen molar-refractivity contribution in [2.24, 2.45) is 5.92 Å². The lowest BCUT2D eigenvalue weighted by atomic mass is 9.70. The fraction of sp³-hybridized carbons (Fsp3) is 0.345. The number of nitrogens with zero attached hydrogens (tertiary/aromatic N) is 1. The van der Waals surface area contributed by atoms with Crippen molar-refractivity contribution < 1.29 is 27.9 Å². The monoisotopic (exact) mass is 578 g/mol. The number of aromatic nitrogens is 1. The topological polar surface area (TPSA) is 79.3 Å². The Labute approximate surface area is 234 Å². The Hall–Kier alpha value is -2.94. The second kappa shape index (κ2) is 11.7. The fourth-order valence-electron chi connectivity index (χ4n) is 5.30. The number of pyridine rings is 1. The van der Waals surface area contributed by atoms with Gasteiger partial charge >= 0.3 is 12.1 Å². The van der Waals surface area contributed by atoms with Gasteiger partial charge < -0.3 is 10.4 Å². The predicted molar refractivity (Wildman–Crippen MR) is 143 cm³/mol. The number of benzene rings is 2. The third kappa shape index (κ3) is 6.62. The molecule has 1 aromatic heterocycles. The van der Waals surface area contributed by atoms with Gasteiger partial charge in [-0.1, -0.05) is 53.5 Å². The van der Waals surface area contributed by atoms with Crippen LogP contribution in [-0.4, -0.2) is 34.4 Å². The van der Waals surface area contributed by atoms with Crippen LogP contribution in [0.1, 0.15) is 54.6 Å². The van der Waals surface area contributed by atoms with Crippen molar-refractivity contribution in [1.82, 2.24) is 10.3 Å². The Morgan fingerprint density at radius 1 is 0.974 bits per heavy atom. The summed E-state index contributed by atoms with van der Waals surface area (Å²) in [6.07, 6.45) is -4.23. The zero-order valence-corrected chi connectivity index (χ0v) is 22.5. The molecule has 0 unspecified atom stereocenters. The highest BCUT2D eigenvalue weighted by atomic mass is 35.5. The summed E-state index contributed by atoms with van der Waals surface area (Å²) in [6, 6.07) is 16.7. The maximum absolute atomic E-state index is 14.2. The van der Waals surface area contributed by atoms with Gasteiger partial charge in [-0.15, -0.1) is 0 Å². The van der Waals surface area contributed by atoms with Gasteiger partial charge in [0.15, 0.2) is 5.78 Å². The molecule has 2 N–H and O–H groups in total. The van der Waals surface area contributed by atoms with Crippen molar-refractivity contribution >= 4 is 35.0 Å². The van der Waals surface area contributed by atoms with E-state index in [2.05, 4.69) is 10.3 Å². The number of hydrogen-bond acceptors (Lipinski definition) is 4. The first-order valence-electron chi connectivity index (χ1n) is 12.4. The number of carbonyl (C=O) groups is 2. The minimum Gasteiger partial charge on any atom is -0.481 e. The number of hydrogen-bond donors (Lipinski definition) is 2. The van der Waals surface area contributed by atoms with Crippen LogP contribution in [0.15, 0.2) is 66.7 Å².